The van der Waals surface area contributed by atoms with Gasteiger partial charge < -0.3 is 14.2 Å². The first-order valence-corrected chi connectivity index (χ1v) is 13.1. The van der Waals surface area contributed by atoms with E-state index in [-0.39, 0.29) is 29.5 Å². The number of rotatable bonds is 4. The van der Waals surface area contributed by atoms with E-state index < -0.39 is 6.04 Å². The van der Waals surface area contributed by atoms with Crippen molar-refractivity contribution < 1.29 is 23.8 Å². The fourth-order valence-corrected chi connectivity index (χ4v) is 7.09. The molecule has 1 aromatic heterocycles. The van der Waals surface area contributed by atoms with Crippen LogP contribution in [0.2, 0.25) is 0 Å². The Kier molecular flexibility index (Phi) is 5.52. The zero-order valence-electron chi connectivity index (χ0n) is 20.8. The number of hydrogen-bond donors (Lipinski definition) is 0. The van der Waals surface area contributed by atoms with Gasteiger partial charge >= 0.3 is 0 Å². The third-order valence-electron chi connectivity index (χ3n) is 7.52. The summed E-state index contributed by atoms with van der Waals surface area (Å²) in [5.41, 5.74) is 4.12. The van der Waals surface area contributed by atoms with Crippen molar-refractivity contribution in [2.45, 2.75) is 51.7 Å². The molecule has 1 fully saturated rings. The number of aryl methyl sites for hydroxylation is 2. The number of carbonyl (C=O) groups excluding carboxylic acids is 2. The molecule has 3 aromatic rings. The average Bonchev–Trinajstić information content (AvgIpc) is 3.42. The first-order valence-electron chi connectivity index (χ1n) is 12.3. The number of methoxy groups -OCH3 is 2. The number of Topliss-reactive ketones (excluding diaryl/α,β-unsaturated/α-hetero) is 1. The quantitative estimate of drug-likeness (QED) is 0.472. The normalized spacial score (nSPS) is 23.6. The van der Waals surface area contributed by atoms with Crippen LogP contribution in [0.4, 0.5) is 5.13 Å². The highest BCUT2D eigenvalue weighted by atomic mass is 32.1. The number of aromatic nitrogens is 1. The Hall–Kier alpha value is -3.39. The minimum absolute atomic E-state index is 0.000177. The van der Waals surface area contributed by atoms with Crippen molar-refractivity contribution in [3.63, 3.8) is 0 Å². The topological polar surface area (TPSA) is 78.0 Å². The fourth-order valence-electron chi connectivity index (χ4n) is 5.93. The molecule has 1 aliphatic carbocycles. The van der Waals surface area contributed by atoms with Crippen LogP contribution in [0.3, 0.4) is 0 Å². The number of fused-ring (bicyclic) bond motifs is 2. The SMILES string of the molecule is COc1cccc(C2C3=C(OC4CCCCC4C3=O)C(=O)N2c2nc3c(C)cc(C)cc3s2)c1OC. The average molecular weight is 505 g/mol. The lowest BCUT2D eigenvalue weighted by atomic mass is 9.77. The summed E-state index contributed by atoms with van der Waals surface area (Å²) in [5, 5.41) is 0.535. The van der Waals surface area contributed by atoms with Gasteiger partial charge in [-0.2, -0.15) is 0 Å². The van der Waals surface area contributed by atoms with E-state index in [2.05, 4.69) is 12.1 Å². The summed E-state index contributed by atoms with van der Waals surface area (Å²) in [6, 6.07) is 8.98. The molecule has 36 heavy (non-hydrogen) atoms. The molecule has 3 heterocycles. The van der Waals surface area contributed by atoms with E-state index in [4.69, 9.17) is 19.2 Å². The molecule has 0 bridgehead atoms. The second-order valence-corrected chi connectivity index (χ2v) is 10.7. The molecule has 186 valence electrons. The standard InChI is InChI=1S/C28H28N2O5S/c1-14-12-15(2)22-20(13-14)36-28(29-22)30-23(17-9-7-11-19(33-3)25(17)34-4)21-24(31)16-8-5-6-10-18(16)35-26(21)27(30)32/h7,9,11-13,16,18,23H,5-6,8,10H2,1-4H3. The van der Waals surface area contributed by atoms with Crippen LogP contribution in [0.1, 0.15) is 48.4 Å². The number of ketones is 1. The zero-order chi connectivity index (χ0) is 25.1. The number of hydrogen-bond acceptors (Lipinski definition) is 7. The molecule has 1 saturated carbocycles. The van der Waals surface area contributed by atoms with Crippen LogP contribution in [0.15, 0.2) is 41.7 Å². The van der Waals surface area contributed by atoms with Crippen molar-refractivity contribution in [3.05, 3.63) is 58.4 Å². The van der Waals surface area contributed by atoms with Gasteiger partial charge in [0.25, 0.3) is 5.91 Å². The number of carbonyl (C=O) groups is 2. The summed E-state index contributed by atoms with van der Waals surface area (Å²) in [4.78, 5) is 34.5. The smallest absolute Gasteiger partial charge is 0.296 e. The van der Waals surface area contributed by atoms with Gasteiger partial charge in [0.15, 0.2) is 28.2 Å². The lowest BCUT2D eigenvalue weighted by Gasteiger charge is -2.35. The molecule has 0 spiro atoms. The van der Waals surface area contributed by atoms with Gasteiger partial charge in [-0.15, -0.1) is 0 Å². The van der Waals surface area contributed by atoms with E-state index in [0.29, 0.717) is 27.8 Å². The molecule has 3 atom stereocenters. The van der Waals surface area contributed by atoms with Crippen LogP contribution >= 0.6 is 11.3 Å². The van der Waals surface area contributed by atoms with Crippen LogP contribution in [-0.2, 0) is 14.3 Å². The molecule has 3 unspecified atom stereocenters. The van der Waals surface area contributed by atoms with E-state index in [1.165, 1.54) is 11.3 Å². The molecule has 1 amide bonds. The Bertz CT molecular complexity index is 1440. The van der Waals surface area contributed by atoms with Crippen molar-refractivity contribution in [1.29, 1.82) is 0 Å². The Morgan fingerprint density at radius 2 is 1.89 bits per heavy atom. The van der Waals surface area contributed by atoms with Crippen LogP contribution < -0.4 is 14.4 Å². The van der Waals surface area contributed by atoms with Crippen molar-refractivity contribution >= 4 is 38.4 Å². The summed E-state index contributed by atoms with van der Waals surface area (Å²) in [7, 11) is 3.14. The molecular formula is C28H28N2O5S. The molecule has 2 aliphatic heterocycles. The van der Waals surface area contributed by atoms with E-state index in [0.717, 1.165) is 47.0 Å². The molecule has 7 nitrogen and oxygen atoms in total. The Balaban J connectivity index is 1.57. The van der Waals surface area contributed by atoms with E-state index in [1.54, 1.807) is 25.2 Å². The Morgan fingerprint density at radius 1 is 1.08 bits per heavy atom. The highest BCUT2D eigenvalue weighted by Gasteiger charge is 2.54. The molecule has 0 radical (unpaired) electrons. The van der Waals surface area contributed by atoms with Crippen molar-refractivity contribution in [2.75, 3.05) is 19.1 Å². The summed E-state index contributed by atoms with van der Waals surface area (Å²) < 4.78 is 18.6. The zero-order valence-corrected chi connectivity index (χ0v) is 21.6. The molecule has 3 aliphatic rings. The van der Waals surface area contributed by atoms with Gasteiger partial charge in [-0.1, -0.05) is 36.0 Å². The van der Waals surface area contributed by atoms with Crippen LogP contribution in [0.5, 0.6) is 11.5 Å². The molecule has 6 rings (SSSR count). The number of para-hydroxylation sites is 1. The minimum Gasteiger partial charge on any atom is -0.493 e. The molecule has 2 aromatic carbocycles. The maximum absolute atomic E-state index is 14.0. The lowest BCUT2D eigenvalue weighted by Crippen LogP contribution is -2.39. The van der Waals surface area contributed by atoms with Gasteiger partial charge in [0, 0.05) is 5.56 Å². The number of nitrogens with zero attached hydrogens (tertiary/aromatic N) is 2. The van der Waals surface area contributed by atoms with Gasteiger partial charge in [0.05, 0.1) is 35.9 Å². The fraction of sp³-hybridized carbons (Fsp3) is 0.393. The third-order valence-corrected chi connectivity index (χ3v) is 8.52. The first-order chi connectivity index (χ1) is 17.4. The van der Waals surface area contributed by atoms with Crippen LogP contribution in [0, 0.1) is 19.8 Å². The van der Waals surface area contributed by atoms with Gasteiger partial charge in [0.1, 0.15) is 12.1 Å². The summed E-state index contributed by atoms with van der Waals surface area (Å²) in [6.45, 7) is 4.07. The summed E-state index contributed by atoms with van der Waals surface area (Å²) in [5.74, 6) is 0.621. The van der Waals surface area contributed by atoms with Gasteiger partial charge in [-0.3, -0.25) is 14.5 Å². The number of anilines is 1. The predicted octanol–water partition coefficient (Wildman–Crippen LogP) is 5.43. The molecule has 8 heteroatoms. The number of amides is 1. The highest BCUT2D eigenvalue weighted by Crippen LogP contribution is 2.52. The van der Waals surface area contributed by atoms with E-state index >= 15 is 0 Å². The first kappa shape index (κ1) is 23.0. The number of ether oxygens (including phenoxy) is 3. The van der Waals surface area contributed by atoms with Gasteiger partial charge in [-0.25, -0.2) is 4.98 Å². The highest BCUT2D eigenvalue weighted by molar-refractivity contribution is 7.22. The number of benzene rings is 2. The largest absolute Gasteiger partial charge is 0.493 e. The van der Waals surface area contributed by atoms with Crippen LogP contribution in [-0.4, -0.2) is 37.0 Å². The summed E-state index contributed by atoms with van der Waals surface area (Å²) in [6.07, 6.45) is 3.30. The second kappa shape index (κ2) is 8.62. The lowest BCUT2D eigenvalue weighted by molar-refractivity contribution is -0.131. The Morgan fingerprint density at radius 3 is 2.67 bits per heavy atom. The minimum atomic E-state index is -0.713. The van der Waals surface area contributed by atoms with Crippen molar-refractivity contribution in [1.82, 2.24) is 4.98 Å². The van der Waals surface area contributed by atoms with E-state index in [1.807, 2.05) is 26.0 Å². The third kappa shape index (κ3) is 3.34. The molecular weight excluding hydrogens is 476 g/mol. The predicted molar refractivity (Wildman–Crippen MR) is 138 cm³/mol. The van der Waals surface area contributed by atoms with Crippen LogP contribution in [0.25, 0.3) is 10.2 Å². The van der Waals surface area contributed by atoms with Crippen molar-refractivity contribution in [2.24, 2.45) is 5.92 Å². The van der Waals surface area contributed by atoms with Crippen molar-refractivity contribution in [3.8, 4) is 11.5 Å². The second-order valence-electron chi connectivity index (χ2n) is 9.74. The summed E-state index contributed by atoms with van der Waals surface area (Å²) >= 11 is 1.45. The molecule has 0 N–H and O–H groups in total. The number of thiazole rings is 1. The maximum atomic E-state index is 14.0. The monoisotopic (exact) mass is 504 g/mol. The molecule has 0 saturated heterocycles. The van der Waals surface area contributed by atoms with Gasteiger partial charge in [-0.05, 0) is 56.4 Å². The van der Waals surface area contributed by atoms with E-state index in [9.17, 15) is 9.59 Å². The Labute approximate surface area is 213 Å². The van der Waals surface area contributed by atoms with Gasteiger partial charge in [0.2, 0.25) is 0 Å². The maximum Gasteiger partial charge on any atom is 0.296 e.